The van der Waals surface area contributed by atoms with Crippen molar-refractivity contribution in [3.8, 4) is 11.1 Å². The first-order valence-electron chi connectivity index (χ1n) is 5.49. The molecule has 17 heavy (non-hydrogen) atoms. The van der Waals surface area contributed by atoms with E-state index in [1.165, 1.54) is 9.13 Å². The highest BCUT2D eigenvalue weighted by Gasteiger charge is 2.07. The summed E-state index contributed by atoms with van der Waals surface area (Å²) in [6.07, 6.45) is 3.96. The summed E-state index contributed by atoms with van der Waals surface area (Å²) in [6.45, 7) is 2.77. The number of rotatable bonds is 4. The lowest BCUT2D eigenvalue weighted by Gasteiger charge is -2.09. The lowest BCUT2D eigenvalue weighted by Crippen LogP contribution is -2.11. The number of benzene rings is 1. The summed E-state index contributed by atoms with van der Waals surface area (Å²) in [5.41, 5.74) is 2.35. The maximum atomic E-state index is 5.13. The fourth-order valence-corrected chi connectivity index (χ4v) is 2.26. The summed E-state index contributed by atoms with van der Waals surface area (Å²) in [7, 11) is 1.71. The van der Waals surface area contributed by atoms with Gasteiger partial charge in [-0.15, -0.1) is 0 Å². The van der Waals surface area contributed by atoms with E-state index in [4.69, 9.17) is 4.74 Å². The van der Waals surface area contributed by atoms with E-state index in [0.29, 0.717) is 6.61 Å². The van der Waals surface area contributed by atoms with E-state index < -0.39 is 0 Å². The van der Waals surface area contributed by atoms with Crippen LogP contribution >= 0.6 is 22.6 Å². The van der Waals surface area contributed by atoms with E-state index in [0.717, 1.165) is 5.56 Å². The van der Waals surface area contributed by atoms with Crippen LogP contribution in [0.15, 0.2) is 36.7 Å². The second-order valence-electron chi connectivity index (χ2n) is 4.02. The van der Waals surface area contributed by atoms with Crippen LogP contribution < -0.4 is 0 Å². The van der Waals surface area contributed by atoms with E-state index in [1.807, 2.05) is 10.9 Å². The van der Waals surface area contributed by atoms with E-state index in [9.17, 15) is 0 Å². The Morgan fingerprint density at radius 3 is 2.94 bits per heavy atom. The highest BCUT2D eigenvalue weighted by atomic mass is 127. The Labute approximate surface area is 115 Å². The van der Waals surface area contributed by atoms with Crippen LogP contribution in [0.2, 0.25) is 0 Å². The summed E-state index contributed by atoms with van der Waals surface area (Å²) in [6, 6.07) is 8.67. The summed E-state index contributed by atoms with van der Waals surface area (Å²) < 4.78 is 8.31. The highest BCUT2D eigenvalue weighted by molar-refractivity contribution is 14.1. The molecule has 0 radical (unpaired) electrons. The van der Waals surface area contributed by atoms with Crippen LogP contribution in [0.4, 0.5) is 0 Å². The molecule has 0 amide bonds. The van der Waals surface area contributed by atoms with E-state index >= 15 is 0 Å². The molecule has 1 heterocycles. The van der Waals surface area contributed by atoms with E-state index in [1.54, 1.807) is 7.11 Å². The molecule has 0 saturated heterocycles. The Hall–Kier alpha value is -0.880. The van der Waals surface area contributed by atoms with Crippen molar-refractivity contribution >= 4 is 22.6 Å². The van der Waals surface area contributed by atoms with Crippen LogP contribution in [0.5, 0.6) is 0 Å². The third-order valence-electron chi connectivity index (χ3n) is 2.62. The molecule has 1 atom stereocenters. The maximum Gasteiger partial charge on any atom is 0.0724 e. The normalized spacial score (nSPS) is 12.6. The molecule has 0 aliphatic heterocycles. The quantitative estimate of drug-likeness (QED) is 0.797. The van der Waals surface area contributed by atoms with Crippen molar-refractivity contribution in [3.63, 3.8) is 0 Å². The molecule has 3 nitrogen and oxygen atoms in total. The molecule has 0 N–H and O–H groups in total. The van der Waals surface area contributed by atoms with Gasteiger partial charge in [0.2, 0.25) is 0 Å². The number of halogens is 1. The first-order valence-corrected chi connectivity index (χ1v) is 6.57. The molecule has 1 aromatic carbocycles. The van der Waals surface area contributed by atoms with Crippen LogP contribution in [0.1, 0.15) is 13.0 Å². The van der Waals surface area contributed by atoms with Gasteiger partial charge in [0.15, 0.2) is 0 Å². The van der Waals surface area contributed by atoms with Crippen molar-refractivity contribution in [2.45, 2.75) is 13.0 Å². The van der Waals surface area contributed by atoms with Crippen LogP contribution in [0.3, 0.4) is 0 Å². The van der Waals surface area contributed by atoms with Gasteiger partial charge >= 0.3 is 0 Å². The lowest BCUT2D eigenvalue weighted by molar-refractivity contribution is 0.157. The molecule has 0 bridgehead atoms. The summed E-state index contributed by atoms with van der Waals surface area (Å²) in [4.78, 5) is 0. The molecule has 2 aromatic rings. The molecule has 2 rings (SSSR count). The number of aromatic nitrogens is 2. The van der Waals surface area contributed by atoms with Gasteiger partial charge < -0.3 is 4.74 Å². The zero-order valence-electron chi connectivity index (χ0n) is 9.93. The average Bonchev–Trinajstić information content (AvgIpc) is 2.78. The third kappa shape index (κ3) is 3.07. The Balaban J connectivity index is 2.23. The van der Waals surface area contributed by atoms with Crippen LogP contribution in [0, 0.1) is 3.57 Å². The fraction of sp³-hybridized carbons (Fsp3) is 0.308. The number of nitrogens with zero attached hydrogens (tertiary/aromatic N) is 2. The highest BCUT2D eigenvalue weighted by Crippen LogP contribution is 2.21. The summed E-state index contributed by atoms with van der Waals surface area (Å²) in [5.74, 6) is 0. The van der Waals surface area contributed by atoms with Crippen molar-refractivity contribution in [2.75, 3.05) is 13.7 Å². The fourth-order valence-electron chi connectivity index (χ4n) is 1.71. The van der Waals surface area contributed by atoms with E-state index in [-0.39, 0.29) is 6.04 Å². The second kappa shape index (κ2) is 5.64. The van der Waals surface area contributed by atoms with Crippen LogP contribution in [-0.4, -0.2) is 23.5 Å². The number of ether oxygens (including phenoxy) is 1. The molecule has 1 unspecified atom stereocenters. The Morgan fingerprint density at radius 1 is 1.41 bits per heavy atom. The molecular weight excluding hydrogens is 327 g/mol. The zero-order chi connectivity index (χ0) is 12.3. The average molecular weight is 342 g/mol. The van der Waals surface area contributed by atoms with Gasteiger partial charge in [-0.2, -0.15) is 5.10 Å². The molecule has 0 aliphatic rings. The van der Waals surface area contributed by atoms with Crippen LogP contribution in [-0.2, 0) is 4.74 Å². The Kier molecular flexibility index (Phi) is 4.17. The SMILES string of the molecule is COCC(C)n1cc(-c2cccc(I)c2)cn1. The minimum absolute atomic E-state index is 0.261. The number of methoxy groups -OCH3 is 1. The standard InChI is InChI=1S/C13H15IN2O/c1-10(9-17-2)16-8-12(7-15-16)11-4-3-5-13(14)6-11/h3-8,10H,9H2,1-2H3. The predicted octanol–water partition coefficient (Wildman–Crippen LogP) is 3.36. The van der Waals surface area contributed by atoms with Gasteiger partial charge in [0, 0.05) is 22.4 Å². The van der Waals surface area contributed by atoms with Gasteiger partial charge in [0.1, 0.15) is 0 Å². The third-order valence-corrected chi connectivity index (χ3v) is 3.29. The number of hydrogen-bond donors (Lipinski definition) is 0. The minimum Gasteiger partial charge on any atom is -0.382 e. The van der Waals surface area contributed by atoms with Crippen molar-refractivity contribution in [1.29, 1.82) is 0 Å². The first-order chi connectivity index (χ1) is 8.20. The molecule has 90 valence electrons. The van der Waals surface area contributed by atoms with Gasteiger partial charge in [-0.3, -0.25) is 4.68 Å². The zero-order valence-corrected chi connectivity index (χ0v) is 12.1. The molecule has 0 saturated carbocycles. The second-order valence-corrected chi connectivity index (χ2v) is 5.27. The summed E-state index contributed by atoms with van der Waals surface area (Å²) in [5, 5.41) is 4.37. The molecule has 0 spiro atoms. The van der Waals surface area contributed by atoms with E-state index in [2.05, 4.69) is 65.1 Å². The summed E-state index contributed by atoms with van der Waals surface area (Å²) >= 11 is 2.32. The van der Waals surface area contributed by atoms with Crippen molar-refractivity contribution in [2.24, 2.45) is 0 Å². The van der Waals surface area contributed by atoms with Gasteiger partial charge in [0.25, 0.3) is 0 Å². The molecule has 4 heteroatoms. The predicted molar refractivity (Wildman–Crippen MR) is 77.0 cm³/mol. The maximum absolute atomic E-state index is 5.13. The van der Waals surface area contributed by atoms with Crippen molar-refractivity contribution in [1.82, 2.24) is 9.78 Å². The van der Waals surface area contributed by atoms with Gasteiger partial charge in [-0.1, -0.05) is 12.1 Å². The monoisotopic (exact) mass is 342 g/mol. The smallest absolute Gasteiger partial charge is 0.0724 e. The van der Waals surface area contributed by atoms with Crippen LogP contribution in [0.25, 0.3) is 11.1 Å². The molecule has 0 fully saturated rings. The molecule has 1 aromatic heterocycles. The molecule has 0 aliphatic carbocycles. The van der Waals surface area contributed by atoms with Gasteiger partial charge in [0.05, 0.1) is 18.8 Å². The topological polar surface area (TPSA) is 27.1 Å². The van der Waals surface area contributed by atoms with Gasteiger partial charge in [-0.25, -0.2) is 0 Å². The minimum atomic E-state index is 0.261. The molecular formula is C13H15IN2O. The van der Waals surface area contributed by atoms with Crippen molar-refractivity contribution in [3.05, 3.63) is 40.2 Å². The number of hydrogen-bond acceptors (Lipinski definition) is 2. The Morgan fingerprint density at radius 2 is 2.24 bits per heavy atom. The lowest BCUT2D eigenvalue weighted by atomic mass is 10.1. The van der Waals surface area contributed by atoms with Gasteiger partial charge in [-0.05, 0) is 47.2 Å². The first kappa shape index (κ1) is 12.6. The Bertz CT molecular complexity index is 496. The largest absolute Gasteiger partial charge is 0.382 e. The van der Waals surface area contributed by atoms with Crippen molar-refractivity contribution < 1.29 is 4.74 Å².